The van der Waals surface area contributed by atoms with Crippen LogP contribution >= 0.6 is 0 Å². The van der Waals surface area contributed by atoms with E-state index in [9.17, 15) is 14.9 Å². The summed E-state index contributed by atoms with van der Waals surface area (Å²) in [7, 11) is 1.83. The second-order valence-corrected chi connectivity index (χ2v) is 5.22. The van der Waals surface area contributed by atoms with Crippen molar-refractivity contribution >= 4 is 28.5 Å². The first-order chi connectivity index (χ1) is 11.0. The number of nitrogen functional groups attached to an aromatic ring is 1. The van der Waals surface area contributed by atoms with Crippen molar-refractivity contribution in [3.8, 4) is 0 Å². The fourth-order valence-electron chi connectivity index (χ4n) is 2.60. The molecule has 1 aromatic heterocycles. The number of carbonyl (C=O) groups excluding carboxylic acids is 1. The van der Waals surface area contributed by atoms with Gasteiger partial charge in [-0.1, -0.05) is 24.3 Å². The Bertz CT molecular complexity index is 936. The SMILES string of the molecule is C[n+]1c(N)n(CC(=O)c2cccc([N+](=O)[O-])c2)c2ccccc21.[Br-]. The van der Waals surface area contributed by atoms with Crippen LogP contribution in [0.1, 0.15) is 10.4 Å². The van der Waals surface area contributed by atoms with Gasteiger partial charge in [-0.2, -0.15) is 0 Å². The zero-order valence-electron chi connectivity index (χ0n) is 12.8. The maximum atomic E-state index is 12.5. The minimum atomic E-state index is -0.518. The monoisotopic (exact) mass is 390 g/mol. The minimum absolute atomic E-state index is 0. The number of aryl methyl sites for hydroxylation is 1. The van der Waals surface area contributed by atoms with Gasteiger partial charge in [-0.15, -0.1) is 0 Å². The Hall–Kier alpha value is -2.74. The summed E-state index contributed by atoms with van der Waals surface area (Å²) in [6, 6.07) is 13.3. The number of benzene rings is 2. The number of Topliss-reactive ketones (excluding diaryl/α,β-unsaturated/α-hetero) is 1. The van der Waals surface area contributed by atoms with E-state index in [4.69, 9.17) is 5.73 Å². The molecule has 0 amide bonds. The highest BCUT2D eigenvalue weighted by molar-refractivity contribution is 5.97. The molecule has 0 atom stereocenters. The van der Waals surface area contributed by atoms with E-state index in [0.717, 1.165) is 11.0 Å². The molecule has 24 heavy (non-hydrogen) atoms. The molecule has 3 aromatic rings. The van der Waals surface area contributed by atoms with Crippen molar-refractivity contribution in [1.82, 2.24) is 4.57 Å². The van der Waals surface area contributed by atoms with E-state index in [-0.39, 0.29) is 35.0 Å². The molecule has 0 bridgehead atoms. The summed E-state index contributed by atoms with van der Waals surface area (Å²) >= 11 is 0. The van der Waals surface area contributed by atoms with Crippen molar-refractivity contribution in [2.24, 2.45) is 7.05 Å². The molecule has 0 unspecified atom stereocenters. The van der Waals surface area contributed by atoms with Gasteiger partial charge in [0.05, 0.1) is 12.0 Å². The van der Waals surface area contributed by atoms with E-state index in [2.05, 4.69) is 0 Å². The van der Waals surface area contributed by atoms with Crippen molar-refractivity contribution in [3.63, 3.8) is 0 Å². The van der Waals surface area contributed by atoms with E-state index in [0.29, 0.717) is 11.5 Å². The minimum Gasteiger partial charge on any atom is -1.00 e. The third kappa shape index (κ3) is 3.00. The number of halogens is 1. The van der Waals surface area contributed by atoms with Gasteiger partial charge in [-0.05, 0) is 12.1 Å². The highest BCUT2D eigenvalue weighted by Crippen LogP contribution is 2.18. The largest absolute Gasteiger partial charge is 1.00 e. The second kappa shape index (κ2) is 6.79. The Balaban J connectivity index is 0.00000208. The van der Waals surface area contributed by atoms with E-state index < -0.39 is 4.92 Å². The van der Waals surface area contributed by atoms with Crippen molar-refractivity contribution < 1.29 is 31.3 Å². The number of anilines is 1. The van der Waals surface area contributed by atoms with Gasteiger partial charge in [0.1, 0.15) is 17.6 Å². The Kier molecular flexibility index (Phi) is 4.99. The fraction of sp³-hybridized carbons (Fsp3) is 0.125. The zero-order valence-corrected chi connectivity index (χ0v) is 14.4. The molecule has 0 fully saturated rings. The van der Waals surface area contributed by atoms with Gasteiger partial charge in [0.2, 0.25) is 0 Å². The third-order valence-corrected chi connectivity index (χ3v) is 3.83. The number of fused-ring (bicyclic) bond motifs is 1. The number of ketones is 1. The average molecular weight is 391 g/mol. The quantitative estimate of drug-likeness (QED) is 0.263. The summed E-state index contributed by atoms with van der Waals surface area (Å²) in [5.74, 6) is 0.215. The van der Waals surface area contributed by atoms with Gasteiger partial charge in [0, 0.05) is 17.7 Å². The van der Waals surface area contributed by atoms with Gasteiger partial charge in [-0.3, -0.25) is 20.6 Å². The molecule has 3 rings (SSSR count). The van der Waals surface area contributed by atoms with E-state index in [1.807, 2.05) is 31.3 Å². The van der Waals surface area contributed by atoms with E-state index in [1.165, 1.54) is 18.2 Å². The molecule has 0 saturated heterocycles. The van der Waals surface area contributed by atoms with Gasteiger partial charge in [0.25, 0.3) is 5.69 Å². The van der Waals surface area contributed by atoms with Crippen LogP contribution < -0.4 is 27.3 Å². The zero-order chi connectivity index (χ0) is 16.6. The van der Waals surface area contributed by atoms with Crippen molar-refractivity contribution in [3.05, 3.63) is 64.2 Å². The number of nitrogens with zero attached hydrogens (tertiary/aromatic N) is 3. The first-order valence-electron chi connectivity index (χ1n) is 6.99. The molecule has 7 nitrogen and oxygen atoms in total. The number of hydrogen-bond donors (Lipinski definition) is 1. The number of imidazole rings is 1. The van der Waals surface area contributed by atoms with Crippen LogP contribution in [0, 0.1) is 10.1 Å². The Morgan fingerprint density at radius 2 is 1.96 bits per heavy atom. The molecule has 0 aliphatic heterocycles. The Morgan fingerprint density at radius 3 is 2.67 bits per heavy atom. The smallest absolute Gasteiger partial charge is 0.356 e. The number of nitro groups is 1. The average Bonchev–Trinajstić information content (AvgIpc) is 2.80. The fourth-order valence-corrected chi connectivity index (χ4v) is 2.60. The van der Waals surface area contributed by atoms with Crippen LogP contribution in [-0.4, -0.2) is 15.3 Å². The molecule has 0 saturated carbocycles. The molecule has 124 valence electrons. The van der Waals surface area contributed by atoms with Crippen LogP contribution in [-0.2, 0) is 13.6 Å². The molecular weight excluding hydrogens is 376 g/mol. The third-order valence-electron chi connectivity index (χ3n) is 3.83. The van der Waals surface area contributed by atoms with E-state index >= 15 is 0 Å². The normalized spacial score (nSPS) is 10.4. The van der Waals surface area contributed by atoms with Gasteiger partial charge in [0.15, 0.2) is 5.78 Å². The van der Waals surface area contributed by atoms with Crippen LogP contribution in [0.25, 0.3) is 11.0 Å². The van der Waals surface area contributed by atoms with E-state index in [1.54, 1.807) is 15.2 Å². The van der Waals surface area contributed by atoms with Gasteiger partial charge < -0.3 is 17.0 Å². The maximum absolute atomic E-state index is 12.5. The number of hydrogen-bond acceptors (Lipinski definition) is 4. The number of rotatable bonds is 4. The highest BCUT2D eigenvalue weighted by Gasteiger charge is 2.21. The number of nitrogens with two attached hydrogens (primary N) is 1. The molecule has 0 spiro atoms. The van der Waals surface area contributed by atoms with Gasteiger partial charge >= 0.3 is 5.95 Å². The van der Waals surface area contributed by atoms with Crippen molar-refractivity contribution in [2.45, 2.75) is 6.54 Å². The van der Waals surface area contributed by atoms with Crippen LogP contribution in [0.15, 0.2) is 48.5 Å². The van der Waals surface area contributed by atoms with Crippen LogP contribution in [0.5, 0.6) is 0 Å². The van der Waals surface area contributed by atoms with Crippen molar-refractivity contribution in [2.75, 3.05) is 5.73 Å². The maximum Gasteiger partial charge on any atom is 0.356 e. The molecular formula is C16H15BrN4O3. The lowest BCUT2D eigenvalue weighted by Gasteiger charge is -2.02. The molecule has 0 aliphatic rings. The summed E-state index contributed by atoms with van der Waals surface area (Å²) in [5, 5.41) is 10.8. The second-order valence-electron chi connectivity index (χ2n) is 5.22. The first-order valence-corrected chi connectivity index (χ1v) is 6.99. The summed E-state index contributed by atoms with van der Waals surface area (Å²) in [6.45, 7) is 0.0222. The summed E-state index contributed by atoms with van der Waals surface area (Å²) < 4.78 is 3.51. The predicted molar refractivity (Wildman–Crippen MR) is 85.0 cm³/mol. The number of carbonyl (C=O) groups is 1. The van der Waals surface area contributed by atoms with Crippen LogP contribution in [0.2, 0.25) is 0 Å². The lowest BCUT2D eigenvalue weighted by atomic mass is 10.1. The summed E-state index contributed by atoms with van der Waals surface area (Å²) in [4.78, 5) is 22.8. The van der Waals surface area contributed by atoms with Crippen LogP contribution in [0.4, 0.5) is 11.6 Å². The molecule has 1 heterocycles. The molecule has 0 radical (unpaired) electrons. The molecule has 0 aliphatic carbocycles. The number of non-ortho nitro benzene ring substituents is 1. The standard InChI is InChI=1S/C16H14N4O3.BrH/c1-18-13-7-2-3-8-14(13)19(16(18)17)10-15(21)11-5-4-6-12(9-11)20(22)23;/h2-9,17H,10H2,1H3;1H. The highest BCUT2D eigenvalue weighted by atomic mass is 79.9. The predicted octanol–water partition coefficient (Wildman–Crippen LogP) is -1.16. The molecule has 2 aromatic carbocycles. The van der Waals surface area contributed by atoms with Gasteiger partial charge in [-0.25, -0.2) is 9.13 Å². The van der Waals surface area contributed by atoms with Crippen molar-refractivity contribution in [1.29, 1.82) is 0 Å². The lowest BCUT2D eigenvalue weighted by Crippen LogP contribution is -3.00. The lowest BCUT2D eigenvalue weighted by molar-refractivity contribution is -0.630. The summed E-state index contributed by atoms with van der Waals surface area (Å²) in [5.41, 5.74) is 8.02. The molecule has 2 N–H and O–H groups in total. The van der Waals surface area contributed by atoms with Crippen LogP contribution in [0.3, 0.4) is 0 Å². The topological polar surface area (TPSA) is 95.0 Å². The Morgan fingerprint density at radius 1 is 1.25 bits per heavy atom. The first kappa shape index (κ1) is 17.6. The molecule has 8 heteroatoms. The number of aromatic nitrogens is 2. The number of nitro benzene ring substituents is 1. The summed E-state index contributed by atoms with van der Waals surface area (Å²) in [6.07, 6.45) is 0. The Labute approximate surface area is 148 Å². The number of para-hydroxylation sites is 2.